The lowest BCUT2D eigenvalue weighted by atomic mass is 9.93. The first kappa shape index (κ1) is 11.3. The average molecular weight is 209 g/mol. The van der Waals surface area contributed by atoms with Gasteiger partial charge in [-0.1, -0.05) is 0 Å². The molecule has 1 rings (SSSR count). The molecule has 2 N–H and O–H groups in total. The molecule has 6 heteroatoms. The Morgan fingerprint density at radius 2 is 2.14 bits per heavy atom. The molecular weight excluding hydrogens is 196 g/mol. The number of aliphatic hydroxyl groups is 1. The van der Waals surface area contributed by atoms with Crippen LogP contribution in [0.5, 0.6) is 0 Å². The summed E-state index contributed by atoms with van der Waals surface area (Å²) in [6, 6.07) is -0.245. The number of rotatable bonds is 2. The Kier molecular flexibility index (Phi) is 2.53. The minimum absolute atomic E-state index is 0.233. The van der Waals surface area contributed by atoms with Gasteiger partial charge in [0.25, 0.3) is 0 Å². The van der Waals surface area contributed by atoms with Gasteiger partial charge in [0.15, 0.2) is 5.60 Å². The fourth-order valence-electron chi connectivity index (χ4n) is 1.70. The molecule has 0 amide bonds. The third kappa shape index (κ3) is 1.48. The minimum Gasteiger partial charge on any atom is -0.477 e. The highest BCUT2D eigenvalue weighted by molar-refractivity contribution is 5.77. The zero-order valence-electron chi connectivity index (χ0n) is 8.00. The smallest absolute Gasteiger partial charge is 0.377 e. The van der Waals surface area contributed by atoms with Crippen molar-refractivity contribution in [3.05, 3.63) is 0 Å². The SMILES string of the molecule is CC1CC(O)(C(F)(F)C(=O)O)CN1C. The zero-order valence-corrected chi connectivity index (χ0v) is 8.00. The van der Waals surface area contributed by atoms with Gasteiger partial charge in [0.1, 0.15) is 0 Å². The largest absolute Gasteiger partial charge is 0.477 e. The Morgan fingerprint density at radius 1 is 1.64 bits per heavy atom. The average Bonchev–Trinajstić information content (AvgIpc) is 2.27. The van der Waals surface area contributed by atoms with E-state index in [4.69, 9.17) is 5.11 Å². The van der Waals surface area contributed by atoms with E-state index < -0.39 is 17.5 Å². The molecule has 0 radical (unpaired) electrons. The van der Waals surface area contributed by atoms with Crippen molar-refractivity contribution in [3.8, 4) is 0 Å². The molecule has 0 aromatic rings. The summed E-state index contributed by atoms with van der Waals surface area (Å²) < 4.78 is 26.2. The van der Waals surface area contributed by atoms with E-state index in [0.717, 1.165) is 0 Å². The number of halogens is 2. The van der Waals surface area contributed by atoms with Crippen LogP contribution in [0.4, 0.5) is 8.78 Å². The molecule has 0 aromatic carbocycles. The second kappa shape index (κ2) is 3.13. The minimum atomic E-state index is -4.09. The highest BCUT2D eigenvalue weighted by atomic mass is 19.3. The maximum absolute atomic E-state index is 13.1. The molecule has 1 heterocycles. The number of nitrogens with zero attached hydrogens (tertiary/aromatic N) is 1. The van der Waals surface area contributed by atoms with Crippen LogP contribution in [0.1, 0.15) is 13.3 Å². The Bertz CT molecular complexity index is 247. The normalized spacial score (nSPS) is 34.8. The van der Waals surface area contributed by atoms with Crippen LogP contribution >= 0.6 is 0 Å². The Labute approximate surface area is 80.1 Å². The van der Waals surface area contributed by atoms with Gasteiger partial charge in [0.05, 0.1) is 0 Å². The summed E-state index contributed by atoms with van der Waals surface area (Å²) >= 11 is 0. The van der Waals surface area contributed by atoms with E-state index in [-0.39, 0.29) is 19.0 Å². The molecule has 1 fully saturated rings. The lowest BCUT2D eigenvalue weighted by Crippen LogP contribution is -2.54. The first-order chi connectivity index (χ1) is 6.21. The first-order valence-corrected chi connectivity index (χ1v) is 4.24. The Morgan fingerprint density at radius 3 is 2.43 bits per heavy atom. The second-order valence-electron chi connectivity index (χ2n) is 3.88. The van der Waals surface area contributed by atoms with E-state index in [1.165, 1.54) is 4.90 Å². The van der Waals surface area contributed by atoms with E-state index >= 15 is 0 Å². The number of β-amino-alcohol motifs (C(OH)–C–C–N with tert-alkyl or cyclic N) is 1. The molecule has 1 aliphatic rings. The predicted molar refractivity (Wildman–Crippen MR) is 44.2 cm³/mol. The monoisotopic (exact) mass is 209 g/mol. The first-order valence-electron chi connectivity index (χ1n) is 4.24. The molecule has 0 aromatic heterocycles. The van der Waals surface area contributed by atoms with Gasteiger partial charge in [-0.3, -0.25) is 0 Å². The van der Waals surface area contributed by atoms with Crippen molar-refractivity contribution in [3.63, 3.8) is 0 Å². The van der Waals surface area contributed by atoms with E-state index in [0.29, 0.717) is 0 Å². The van der Waals surface area contributed by atoms with Gasteiger partial charge >= 0.3 is 11.9 Å². The summed E-state index contributed by atoms with van der Waals surface area (Å²) in [6.45, 7) is 1.34. The third-order valence-corrected chi connectivity index (χ3v) is 2.75. The molecule has 0 spiro atoms. The molecule has 0 aliphatic carbocycles. The van der Waals surface area contributed by atoms with Gasteiger partial charge in [-0.05, 0) is 20.4 Å². The standard InChI is InChI=1S/C8H13F2NO3/c1-5-3-7(14,4-11(5)2)8(9,10)6(12)13/h5,14H,3-4H2,1-2H3,(H,12,13). The summed E-state index contributed by atoms with van der Waals surface area (Å²) in [5, 5.41) is 17.9. The van der Waals surface area contributed by atoms with Crippen LogP contribution < -0.4 is 0 Å². The number of alkyl halides is 2. The highest BCUT2D eigenvalue weighted by Crippen LogP contribution is 2.38. The van der Waals surface area contributed by atoms with Crippen molar-refractivity contribution in [1.82, 2.24) is 4.90 Å². The summed E-state index contributed by atoms with van der Waals surface area (Å²) in [4.78, 5) is 11.8. The van der Waals surface area contributed by atoms with Gasteiger partial charge in [-0.15, -0.1) is 0 Å². The van der Waals surface area contributed by atoms with Crippen molar-refractivity contribution >= 4 is 5.97 Å². The summed E-state index contributed by atoms with van der Waals surface area (Å²) in [7, 11) is 1.57. The highest BCUT2D eigenvalue weighted by Gasteiger charge is 2.62. The van der Waals surface area contributed by atoms with Crippen LogP contribution in [0.25, 0.3) is 0 Å². The summed E-state index contributed by atoms with van der Waals surface area (Å²) in [5.74, 6) is -6.37. The molecule has 14 heavy (non-hydrogen) atoms. The van der Waals surface area contributed by atoms with Crippen molar-refractivity contribution in [2.24, 2.45) is 0 Å². The lowest BCUT2D eigenvalue weighted by molar-refractivity contribution is -0.204. The summed E-state index contributed by atoms with van der Waals surface area (Å²) in [5.41, 5.74) is -2.45. The van der Waals surface area contributed by atoms with Gasteiger partial charge in [-0.25, -0.2) is 4.79 Å². The topological polar surface area (TPSA) is 60.8 Å². The number of likely N-dealkylation sites (N-methyl/N-ethyl adjacent to an activating group) is 1. The van der Waals surface area contributed by atoms with Crippen LogP contribution in [-0.2, 0) is 4.79 Å². The van der Waals surface area contributed by atoms with Gasteiger partial charge < -0.3 is 15.1 Å². The fraction of sp³-hybridized carbons (Fsp3) is 0.875. The molecule has 1 aliphatic heterocycles. The number of carboxylic acids is 1. The summed E-state index contributed by atoms with van der Waals surface area (Å²) in [6.07, 6.45) is -0.233. The number of carbonyl (C=O) groups is 1. The van der Waals surface area contributed by atoms with Crippen molar-refractivity contribution in [1.29, 1.82) is 0 Å². The quantitative estimate of drug-likeness (QED) is 0.680. The van der Waals surface area contributed by atoms with Crippen LogP contribution in [0, 0.1) is 0 Å². The van der Waals surface area contributed by atoms with Gasteiger partial charge in [0.2, 0.25) is 0 Å². The zero-order chi connectivity index (χ0) is 11.1. The van der Waals surface area contributed by atoms with E-state index in [1.54, 1.807) is 14.0 Å². The van der Waals surface area contributed by atoms with Crippen molar-refractivity contribution in [2.75, 3.05) is 13.6 Å². The molecule has 1 saturated heterocycles. The van der Waals surface area contributed by atoms with E-state index in [2.05, 4.69) is 0 Å². The number of likely N-dealkylation sites (tertiary alicyclic amines) is 1. The number of aliphatic carboxylic acids is 1. The van der Waals surface area contributed by atoms with Crippen molar-refractivity contribution < 1.29 is 23.8 Å². The maximum atomic E-state index is 13.1. The van der Waals surface area contributed by atoms with Crippen LogP contribution in [-0.4, -0.2) is 52.2 Å². The van der Waals surface area contributed by atoms with E-state index in [1.807, 2.05) is 0 Å². The number of hydrogen-bond donors (Lipinski definition) is 2. The number of carboxylic acid groups (broad SMARTS) is 1. The van der Waals surface area contributed by atoms with Crippen LogP contribution in [0.2, 0.25) is 0 Å². The Balaban J connectivity index is 2.92. The molecular formula is C8H13F2NO3. The molecule has 0 saturated carbocycles. The van der Waals surface area contributed by atoms with Gasteiger partial charge in [-0.2, -0.15) is 8.78 Å². The third-order valence-electron chi connectivity index (χ3n) is 2.75. The van der Waals surface area contributed by atoms with Crippen LogP contribution in [0.15, 0.2) is 0 Å². The molecule has 2 atom stereocenters. The number of hydrogen-bond acceptors (Lipinski definition) is 3. The van der Waals surface area contributed by atoms with E-state index in [9.17, 15) is 18.7 Å². The lowest BCUT2D eigenvalue weighted by Gasteiger charge is -2.28. The second-order valence-corrected chi connectivity index (χ2v) is 3.88. The molecule has 0 bridgehead atoms. The van der Waals surface area contributed by atoms with Crippen LogP contribution in [0.3, 0.4) is 0 Å². The van der Waals surface area contributed by atoms with Crippen molar-refractivity contribution in [2.45, 2.75) is 30.9 Å². The molecule has 4 nitrogen and oxygen atoms in total. The maximum Gasteiger partial charge on any atom is 0.377 e. The predicted octanol–water partition coefficient (Wildman–Crippen LogP) is 0.161. The fourth-order valence-corrected chi connectivity index (χ4v) is 1.70. The molecule has 82 valence electrons. The van der Waals surface area contributed by atoms with Gasteiger partial charge in [0, 0.05) is 12.6 Å². The Hall–Kier alpha value is -0.750. The molecule has 2 unspecified atom stereocenters.